The smallest absolute Gasteiger partial charge is 0.462 e. The molecule has 1 aliphatic carbocycles. The van der Waals surface area contributed by atoms with Gasteiger partial charge in [-0.2, -0.15) is 0 Å². The summed E-state index contributed by atoms with van der Waals surface area (Å²) in [5.41, 5.74) is 0. The van der Waals surface area contributed by atoms with Crippen molar-refractivity contribution in [2.45, 2.75) is 224 Å². The lowest BCUT2D eigenvalue weighted by Gasteiger charge is -2.41. The van der Waals surface area contributed by atoms with Gasteiger partial charge in [-0.15, -0.1) is 0 Å². The van der Waals surface area contributed by atoms with Gasteiger partial charge >= 0.3 is 19.8 Å². The summed E-state index contributed by atoms with van der Waals surface area (Å²) in [7, 11) is -5.11. The second-order valence-electron chi connectivity index (χ2n) is 15.6. The van der Waals surface area contributed by atoms with Crippen LogP contribution in [0.4, 0.5) is 0 Å². The molecule has 0 amide bonds. The highest BCUT2D eigenvalue weighted by Crippen LogP contribution is 2.47. The topological polar surface area (TPSA) is 210 Å². The summed E-state index contributed by atoms with van der Waals surface area (Å²) in [6.07, 6.45) is 22.3. The van der Waals surface area contributed by atoms with Gasteiger partial charge in [0, 0.05) is 12.8 Å². The highest BCUT2D eigenvalue weighted by atomic mass is 31.2. The molecule has 0 radical (unpaired) electrons. The number of ether oxygens (including phenoxy) is 2. The van der Waals surface area contributed by atoms with E-state index in [4.69, 9.17) is 18.5 Å². The summed E-state index contributed by atoms with van der Waals surface area (Å²) in [4.78, 5) is 35.6. The number of allylic oxidation sites excluding steroid dienone is 4. The molecule has 0 bridgehead atoms. The molecule has 0 aliphatic heterocycles. The van der Waals surface area contributed by atoms with E-state index in [2.05, 4.69) is 38.2 Å². The number of aliphatic hydroxyl groups excluding tert-OH is 5. The lowest BCUT2D eigenvalue weighted by molar-refractivity contribution is -0.220. The number of hydrogen-bond donors (Lipinski definition) is 6. The molecule has 6 unspecified atom stereocenters. The average Bonchev–Trinajstić information content (AvgIpc) is 3.19. The molecule has 0 spiro atoms. The molecule has 1 fully saturated rings. The number of aliphatic hydroxyl groups is 5. The van der Waals surface area contributed by atoms with E-state index in [0.717, 1.165) is 64.2 Å². The Balaban J connectivity index is 2.49. The van der Waals surface area contributed by atoms with Crippen molar-refractivity contribution in [3.8, 4) is 0 Å². The van der Waals surface area contributed by atoms with Crippen LogP contribution in [0.15, 0.2) is 24.3 Å². The number of phosphoric ester groups is 1. The van der Waals surface area contributed by atoms with Gasteiger partial charge in [0.1, 0.15) is 43.2 Å². The first-order valence-corrected chi connectivity index (χ1v) is 23.6. The van der Waals surface area contributed by atoms with Crippen LogP contribution in [-0.4, -0.2) is 98.3 Å². The van der Waals surface area contributed by atoms with Crippen LogP contribution in [0.1, 0.15) is 181 Å². The van der Waals surface area contributed by atoms with Gasteiger partial charge in [0.15, 0.2) is 6.10 Å². The molecule has 0 heterocycles. The lowest BCUT2D eigenvalue weighted by Crippen LogP contribution is -2.64. The first-order valence-electron chi connectivity index (χ1n) is 22.1. The summed E-state index contributed by atoms with van der Waals surface area (Å²) in [6, 6.07) is 0. The highest BCUT2D eigenvalue weighted by Gasteiger charge is 2.51. The van der Waals surface area contributed by atoms with Crippen molar-refractivity contribution in [2.24, 2.45) is 0 Å². The average molecular weight is 835 g/mol. The molecule has 8 atom stereocenters. The second kappa shape index (κ2) is 34.1. The maximum atomic E-state index is 12.8. The quantitative estimate of drug-likeness (QED) is 0.0153. The van der Waals surface area contributed by atoms with Crippen molar-refractivity contribution in [3.05, 3.63) is 24.3 Å². The fourth-order valence-corrected chi connectivity index (χ4v) is 7.64. The van der Waals surface area contributed by atoms with E-state index < -0.39 is 75.7 Å². The standard InChI is InChI=1S/C43H79O13P/c1-3-5-7-9-11-13-15-17-18-20-22-24-26-28-30-32-37(45)55-35(34-54-57(51,52)56-43-41(49)39(47)38(46)40(48)42(43)50)33-53-36(44)31-29-27-25-23-21-19-16-14-12-10-8-6-4-2/h11,13,17-18,35,38-43,46-50H,3-10,12,14-16,19-34H2,1-2H3,(H,51,52)/b13-11+,18-17+/t35-,38?,39-,40?,41?,42?,43?/m1/s1. The van der Waals surface area contributed by atoms with Crippen molar-refractivity contribution in [2.75, 3.05) is 13.2 Å². The lowest BCUT2D eigenvalue weighted by atomic mass is 9.85. The third-order valence-electron chi connectivity index (χ3n) is 10.3. The molecular weight excluding hydrogens is 755 g/mol. The number of carbonyl (C=O) groups is 2. The summed E-state index contributed by atoms with van der Waals surface area (Å²) >= 11 is 0. The van der Waals surface area contributed by atoms with E-state index in [1.54, 1.807) is 0 Å². The third kappa shape index (κ3) is 26.9. The van der Waals surface area contributed by atoms with E-state index in [1.165, 1.54) is 77.0 Å². The van der Waals surface area contributed by atoms with E-state index in [0.29, 0.717) is 12.8 Å². The molecular formula is C43H79O13P. The third-order valence-corrected chi connectivity index (χ3v) is 11.3. The minimum absolute atomic E-state index is 0.0831. The first-order chi connectivity index (χ1) is 27.4. The minimum atomic E-state index is -5.11. The van der Waals surface area contributed by atoms with Crippen molar-refractivity contribution >= 4 is 19.8 Å². The van der Waals surface area contributed by atoms with Crippen molar-refractivity contribution in [1.29, 1.82) is 0 Å². The molecule has 0 aromatic heterocycles. The normalized spacial score (nSPS) is 22.9. The molecule has 0 aromatic carbocycles. The molecule has 57 heavy (non-hydrogen) atoms. The van der Waals surface area contributed by atoms with Crippen molar-refractivity contribution in [3.63, 3.8) is 0 Å². The molecule has 0 aromatic rings. The summed E-state index contributed by atoms with van der Waals surface area (Å²) in [5, 5.41) is 50.1. The Morgan fingerprint density at radius 3 is 1.46 bits per heavy atom. The Morgan fingerprint density at radius 1 is 0.544 bits per heavy atom. The van der Waals surface area contributed by atoms with Crippen LogP contribution in [0.25, 0.3) is 0 Å². The number of rotatable bonds is 36. The van der Waals surface area contributed by atoms with Crippen LogP contribution in [0, 0.1) is 0 Å². The van der Waals surface area contributed by atoms with Crippen LogP contribution >= 0.6 is 7.82 Å². The van der Waals surface area contributed by atoms with Crippen molar-refractivity contribution < 1.29 is 63.1 Å². The van der Waals surface area contributed by atoms with Crippen molar-refractivity contribution in [1.82, 2.24) is 0 Å². The summed E-state index contributed by atoms with van der Waals surface area (Å²) < 4.78 is 33.5. The highest BCUT2D eigenvalue weighted by molar-refractivity contribution is 7.47. The second-order valence-corrected chi connectivity index (χ2v) is 17.0. The SMILES string of the molecule is CCCCC/C=C/C/C=C/CCCCCCCC(=O)O[C@H](COC(=O)CCCCCCCCCCCCCCC)COP(=O)(O)OC1C(O)C(O)C(O)[C@@H](O)C1O. The number of phosphoric acid groups is 1. The molecule has 0 saturated heterocycles. The van der Waals surface area contributed by atoms with Gasteiger partial charge in [0.2, 0.25) is 0 Å². The van der Waals surface area contributed by atoms with Gasteiger partial charge in [0.05, 0.1) is 6.61 Å². The largest absolute Gasteiger partial charge is 0.472 e. The van der Waals surface area contributed by atoms with Crippen LogP contribution in [0.2, 0.25) is 0 Å². The Kier molecular flexibility index (Phi) is 31.9. The molecule has 1 saturated carbocycles. The molecule has 14 heteroatoms. The Labute approximate surface area is 343 Å². The van der Waals surface area contributed by atoms with Crippen LogP contribution in [-0.2, 0) is 32.7 Å². The predicted octanol–water partition coefficient (Wildman–Crippen LogP) is 8.06. The fraction of sp³-hybridized carbons (Fsp3) is 0.860. The summed E-state index contributed by atoms with van der Waals surface area (Å²) in [5.74, 6) is -1.11. The molecule has 1 aliphatic rings. The predicted molar refractivity (Wildman–Crippen MR) is 221 cm³/mol. The zero-order valence-electron chi connectivity index (χ0n) is 35.1. The van der Waals surface area contributed by atoms with Crippen LogP contribution in [0.5, 0.6) is 0 Å². The Bertz CT molecular complexity index is 1100. The van der Waals surface area contributed by atoms with Crippen LogP contribution < -0.4 is 0 Å². The number of hydrogen-bond acceptors (Lipinski definition) is 12. The first kappa shape index (κ1) is 53.3. The van der Waals surface area contributed by atoms with Gasteiger partial charge in [-0.1, -0.05) is 147 Å². The van der Waals surface area contributed by atoms with Gasteiger partial charge in [-0.25, -0.2) is 4.57 Å². The van der Waals surface area contributed by atoms with Gasteiger partial charge in [-0.3, -0.25) is 18.6 Å². The summed E-state index contributed by atoms with van der Waals surface area (Å²) in [6.45, 7) is 3.25. The van der Waals surface area contributed by atoms with E-state index in [9.17, 15) is 44.6 Å². The number of esters is 2. The number of carbonyl (C=O) groups excluding carboxylic acids is 2. The Morgan fingerprint density at radius 2 is 0.947 bits per heavy atom. The Hall–Kier alpha value is -1.67. The van der Waals surface area contributed by atoms with E-state index in [-0.39, 0.29) is 12.8 Å². The molecule has 13 nitrogen and oxygen atoms in total. The minimum Gasteiger partial charge on any atom is -0.462 e. The molecule has 1 rings (SSSR count). The molecule has 334 valence electrons. The van der Waals surface area contributed by atoms with Gasteiger partial charge in [-0.05, 0) is 44.9 Å². The zero-order valence-corrected chi connectivity index (χ0v) is 36.0. The van der Waals surface area contributed by atoms with E-state index >= 15 is 0 Å². The monoisotopic (exact) mass is 835 g/mol. The van der Waals surface area contributed by atoms with Gasteiger partial charge < -0.3 is 39.9 Å². The van der Waals surface area contributed by atoms with Crippen LogP contribution in [0.3, 0.4) is 0 Å². The zero-order chi connectivity index (χ0) is 42.2. The maximum absolute atomic E-state index is 12.8. The fourth-order valence-electron chi connectivity index (χ4n) is 6.67. The number of unbranched alkanes of at least 4 members (excludes halogenated alkanes) is 20. The van der Waals surface area contributed by atoms with E-state index in [1.807, 2.05) is 0 Å². The maximum Gasteiger partial charge on any atom is 0.472 e. The molecule has 6 N–H and O–H groups in total. The van der Waals surface area contributed by atoms with Gasteiger partial charge in [0.25, 0.3) is 0 Å².